The van der Waals surface area contributed by atoms with Gasteiger partial charge in [0.15, 0.2) is 5.16 Å². The topological polar surface area (TPSA) is 78.0 Å². The third kappa shape index (κ3) is 5.84. The molecule has 0 aliphatic carbocycles. The number of rotatable bonds is 11. The summed E-state index contributed by atoms with van der Waals surface area (Å²) in [4.78, 5) is 9.66. The van der Waals surface area contributed by atoms with Gasteiger partial charge in [-0.3, -0.25) is 4.57 Å². The zero-order valence-corrected chi connectivity index (χ0v) is 22.9. The Balaban J connectivity index is 1.47. The second-order valence-electron chi connectivity index (χ2n) is 9.38. The van der Waals surface area contributed by atoms with Crippen molar-refractivity contribution in [3.63, 3.8) is 0 Å². The fourth-order valence-electron chi connectivity index (χ4n) is 4.65. The van der Waals surface area contributed by atoms with Crippen molar-refractivity contribution in [3.05, 3.63) is 114 Å². The minimum Gasteiger partial charge on any atom is -0.382 e. The van der Waals surface area contributed by atoms with E-state index in [0.29, 0.717) is 13.3 Å². The Kier molecular flexibility index (Phi) is 8.39. The van der Waals surface area contributed by atoms with Gasteiger partial charge in [0.25, 0.3) is 0 Å². The normalized spacial score (nSPS) is 13.7. The molecule has 1 N–H and O–H groups in total. The van der Waals surface area contributed by atoms with E-state index in [-0.39, 0.29) is 12.1 Å². The standard InChI is InChI=1S/C30H29F2N5O2S/c1-3-39-20-37-28(16-34-29(37)40-25-7-5-4-6-8-25)23-11-9-22(10-12-23)21(2)30(38,17-36-19-33-18-35-36)26-14-13-24(31)15-27(26)32/h4-16,18-19,21,38H,3,17,20H2,1-2H3/t21-,30+/m1/s1. The van der Waals surface area contributed by atoms with Gasteiger partial charge in [0.05, 0.1) is 18.4 Å². The molecule has 2 heterocycles. The van der Waals surface area contributed by atoms with Crippen molar-refractivity contribution in [3.8, 4) is 11.3 Å². The van der Waals surface area contributed by atoms with Gasteiger partial charge in [-0.15, -0.1) is 0 Å². The van der Waals surface area contributed by atoms with Gasteiger partial charge < -0.3 is 9.84 Å². The molecule has 40 heavy (non-hydrogen) atoms. The van der Waals surface area contributed by atoms with Crippen LogP contribution in [0.15, 0.2) is 102 Å². The maximum Gasteiger partial charge on any atom is 0.175 e. The van der Waals surface area contributed by atoms with Crippen LogP contribution in [0.1, 0.15) is 30.9 Å². The summed E-state index contributed by atoms with van der Waals surface area (Å²) in [5.41, 5.74) is 0.816. The highest BCUT2D eigenvalue weighted by Gasteiger charge is 2.40. The molecular weight excluding hydrogens is 532 g/mol. The Morgan fingerprint density at radius 3 is 2.50 bits per heavy atom. The minimum atomic E-state index is -1.73. The van der Waals surface area contributed by atoms with Gasteiger partial charge in [0.2, 0.25) is 0 Å². The fraction of sp³-hybridized carbons (Fsp3) is 0.233. The van der Waals surface area contributed by atoms with Crippen LogP contribution >= 0.6 is 11.8 Å². The maximum absolute atomic E-state index is 15.0. The van der Waals surface area contributed by atoms with Crippen LogP contribution in [0.3, 0.4) is 0 Å². The van der Waals surface area contributed by atoms with Crippen molar-refractivity contribution in [2.75, 3.05) is 6.61 Å². The molecule has 3 aromatic carbocycles. The zero-order chi connectivity index (χ0) is 28.1. The summed E-state index contributed by atoms with van der Waals surface area (Å²) in [5.74, 6) is -2.12. The highest BCUT2D eigenvalue weighted by molar-refractivity contribution is 7.99. The Labute approximate surface area is 235 Å². The Hall–Kier alpha value is -3.86. The molecule has 206 valence electrons. The van der Waals surface area contributed by atoms with Gasteiger partial charge >= 0.3 is 0 Å². The lowest BCUT2D eigenvalue weighted by Crippen LogP contribution is -2.38. The molecule has 5 aromatic rings. The number of hydrogen-bond acceptors (Lipinski definition) is 6. The molecule has 2 atom stereocenters. The molecule has 0 amide bonds. The number of aromatic nitrogens is 5. The molecule has 0 bridgehead atoms. The quantitative estimate of drug-likeness (QED) is 0.205. The molecule has 0 saturated heterocycles. The van der Waals surface area contributed by atoms with Gasteiger partial charge in [-0.05, 0) is 36.2 Å². The lowest BCUT2D eigenvalue weighted by molar-refractivity contribution is -0.0112. The summed E-state index contributed by atoms with van der Waals surface area (Å²) in [7, 11) is 0. The Morgan fingerprint density at radius 2 is 1.82 bits per heavy atom. The number of aliphatic hydroxyl groups is 1. The Bertz CT molecular complexity index is 1540. The van der Waals surface area contributed by atoms with E-state index in [9.17, 15) is 13.9 Å². The van der Waals surface area contributed by atoms with Crippen molar-refractivity contribution in [1.29, 1.82) is 0 Å². The molecule has 0 saturated carbocycles. The van der Waals surface area contributed by atoms with Gasteiger partial charge in [-0.2, -0.15) is 5.10 Å². The minimum absolute atomic E-state index is 0.0154. The van der Waals surface area contributed by atoms with Gasteiger partial charge in [0, 0.05) is 29.1 Å². The zero-order valence-electron chi connectivity index (χ0n) is 22.1. The number of ether oxygens (including phenoxy) is 1. The third-order valence-corrected chi connectivity index (χ3v) is 7.90. The first-order valence-electron chi connectivity index (χ1n) is 12.9. The smallest absolute Gasteiger partial charge is 0.175 e. The lowest BCUT2D eigenvalue weighted by Gasteiger charge is -2.35. The highest BCUT2D eigenvalue weighted by Crippen LogP contribution is 2.40. The molecule has 0 fully saturated rings. The van der Waals surface area contributed by atoms with E-state index in [4.69, 9.17) is 4.74 Å². The van der Waals surface area contributed by atoms with E-state index in [1.807, 2.05) is 79.2 Å². The molecule has 0 unspecified atom stereocenters. The van der Waals surface area contributed by atoms with E-state index < -0.39 is 23.2 Å². The summed E-state index contributed by atoms with van der Waals surface area (Å²) >= 11 is 1.56. The second-order valence-corrected chi connectivity index (χ2v) is 10.4. The average molecular weight is 562 g/mol. The third-order valence-electron chi connectivity index (χ3n) is 6.89. The van der Waals surface area contributed by atoms with E-state index in [2.05, 4.69) is 15.1 Å². The van der Waals surface area contributed by atoms with Crippen LogP contribution in [0.2, 0.25) is 0 Å². The second kappa shape index (κ2) is 12.1. The summed E-state index contributed by atoms with van der Waals surface area (Å²) in [6.45, 7) is 4.60. The number of nitrogens with zero attached hydrogens (tertiary/aromatic N) is 5. The molecule has 0 aliphatic rings. The van der Waals surface area contributed by atoms with Gasteiger partial charge in [0.1, 0.15) is 36.6 Å². The van der Waals surface area contributed by atoms with Crippen LogP contribution in [-0.2, 0) is 23.6 Å². The van der Waals surface area contributed by atoms with Crippen molar-refractivity contribution in [2.45, 2.75) is 48.7 Å². The first-order chi connectivity index (χ1) is 19.4. The fourth-order valence-corrected chi connectivity index (χ4v) is 5.52. The summed E-state index contributed by atoms with van der Waals surface area (Å²) in [6, 6.07) is 20.9. The number of halogens is 2. The highest BCUT2D eigenvalue weighted by atomic mass is 32.2. The molecule has 2 aromatic heterocycles. The Morgan fingerprint density at radius 1 is 1.05 bits per heavy atom. The first-order valence-corrected chi connectivity index (χ1v) is 13.7. The van der Waals surface area contributed by atoms with E-state index in [0.717, 1.165) is 39.0 Å². The molecule has 0 radical (unpaired) electrons. The molecule has 10 heteroatoms. The van der Waals surface area contributed by atoms with E-state index >= 15 is 0 Å². The van der Waals surface area contributed by atoms with E-state index in [1.165, 1.54) is 23.4 Å². The van der Waals surface area contributed by atoms with Crippen molar-refractivity contribution in [2.24, 2.45) is 0 Å². The molecule has 0 spiro atoms. The predicted molar refractivity (Wildman–Crippen MR) is 149 cm³/mol. The lowest BCUT2D eigenvalue weighted by atomic mass is 9.77. The predicted octanol–water partition coefficient (Wildman–Crippen LogP) is 6.26. The monoisotopic (exact) mass is 561 g/mol. The largest absolute Gasteiger partial charge is 0.382 e. The van der Waals surface area contributed by atoms with Crippen LogP contribution < -0.4 is 0 Å². The van der Waals surface area contributed by atoms with Gasteiger partial charge in [-0.25, -0.2) is 23.4 Å². The SMILES string of the molecule is CCOCn1c(-c2ccc([C@@H](C)[C@@](O)(Cn3cncn3)c3ccc(F)cc3F)cc2)cnc1Sc1ccccc1. The summed E-state index contributed by atoms with van der Waals surface area (Å²) in [5, 5.41) is 16.8. The number of imidazole rings is 1. The number of hydrogen-bond donors (Lipinski definition) is 1. The number of benzene rings is 3. The maximum atomic E-state index is 15.0. The average Bonchev–Trinajstić information content (AvgIpc) is 3.62. The summed E-state index contributed by atoms with van der Waals surface area (Å²) in [6.07, 6.45) is 4.61. The molecule has 0 aliphatic heterocycles. The molecule has 7 nitrogen and oxygen atoms in total. The van der Waals surface area contributed by atoms with Crippen LogP contribution in [0.5, 0.6) is 0 Å². The molecule has 5 rings (SSSR count). The summed E-state index contributed by atoms with van der Waals surface area (Å²) < 4.78 is 37.9. The van der Waals surface area contributed by atoms with Crippen LogP contribution in [0.4, 0.5) is 8.78 Å². The van der Waals surface area contributed by atoms with Crippen molar-refractivity contribution in [1.82, 2.24) is 24.3 Å². The van der Waals surface area contributed by atoms with Crippen molar-refractivity contribution >= 4 is 11.8 Å². The van der Waals surface area contributed by atoms with Crippen molar-refractivity contribution < 1.29 is 18.6 Å². The van der Waals surface area contributed by atoms with Crippen LogP contribution in [0.25, 0.3) is 11.3 Å². The van der Waals surface area contributed by atoms with Crippen LogP contribution in [0, 0.1) is 11.6 Å². The first kappa shape index (κ1) is 27.7. The van der Waals surface area contributed by atoms with Crippen LogP contribution in [-0.4, -0.2) is 36.0 Å². The molecular formula is C30H29F2N5O2S. The van der Waals surface area contributed by atoms with Gasteiger partial charge in [-0.1, -0.05) is 67.2 Å². The van der Waals surface area contributed by atoms with E-state index in [1.54, 1.807) is 11.8 Å².